The molecule has 0 saturated heterocycles. The van der Waals surface area contributed by atoms with E-state index in [1.54, 1.807) is 12.1 Å². The fourth-order valence-electron chi connectivity index (χ4n) is 2.15. The van der Waals surface area contributed by atoms with E-state index >= 15 is 0 Å². The minimum Gasteiger partial charge on any atom is -0.494 e. The lowest BCUT2D eigenvalue weighted by atomic mass is 10.1. The van der Waals surface area contributed by atoms with Gasteiger partial charge in [-0.1, -0.05) is 19.1 Å². The highest BCUT2D eigenvalue weighted by Gasteiger charge is 2.33. The summed E-state index contributed by atoms with van der Waals surface area (Å²) in [5.41, 5.74) is -1.18. The van der Waals surface area contributed by atoms with Gasteiger partial charge in [0.2, 0.25) is 0 Å². The van der Waals surface area contributed by atoms with Crippen molar-refractivity contribution in [2.24, 2.45) is 0 Å². The topological polar surface area (TPSA) is 64.6 Å². The second-order valence-electron chi connectivity index (χ2n) is 5.54. The number of ether oxygens (including phenoxy) is 2. The maximum absolute atomic E-state index is 12.9. The number of benzene rings is 2. The Hall–Kier alpha value is -3.03. The fourth-order valence-corrected chi connectivity index (χ4v) is 2.15. The quantitative estimate of drug-likeness (QED) is 0.727. The molecule has 0 radical (unpaired) electrons. The zero-order valence-corrected chi connectivity index (χ0v) is 14.5. The normalized spacial score (nSPS) is 11.0. The molecule has 0 unspecified atom stereocenters. The number of carbonyl (C=O) groups excluding carboxylic acids is 2. The highest BCUT2D eigenvalue weighted by atomic mass is 19.4. The van der Waals surface area contributed by atoms with Crippen LogP contribution >= 0.6 is 0 Å². The smallest absolute Gasteiger partial charge is 0.418 e. The molecule has 8 heteroatoms. The molecule has 0 heterocycles. The van der Waals surface area contributed by atoms with Crippen molar-refractivity contribution < 1.29 is 32.2 Å². The van der Waals surface area contributed by atoms with Crippen molar-refractivity contribution in [2.45, 2.75) is 19.5 Å². The number of hydrogen-bond acceptors (Lipinski definition) is 4. The zero-order valence-electron chi connectivity index (χ0n) is 14.5. The monoisotopic (exact) mass is 381 g/mol. The molecule has 0 aliphatic carbocycles. The molecule has 2 aromatic rings. The van der Waals surface area contributed by atoms with Crippen LogP contribution in [-0.4, -0.2) is 25.1 Å². The first-order valence-electron chi connectivity index (χ1n) is 8.17. The van der Waals surface area contributed by atoms with Gasteiger partial charge in [0.1, 0.15) is 5.75 Å². The first-order chi connectivity index (χ1) is 12.8. The van der Waals surface area contributed by atoms with E-state index in [2.05, 4.69) is 5.32 Å². The van der Waals surface area contributed by atoms with Gasteiger partial charge in [-0.3, -0.25) is 4.79 Å². The van der Waals surface area contributed by atoms with Gasteiger partial charge in [0.25, 0.3) is 5.91 Å². The maximum atomic E-state index is 12.9. The number of hydrogen-bond donors (Lipinski definition) is 1. The number of nitrogens with one attached hydrogen (secondary N) is 1. The Morgan fingerprint density at radius 1 is 1.04 bits per heavy atom. The van der Waals surface area contributed by atoms with Gasteiger partial charge in [-0.25, -0.2) is 4.79 Å². The van der Waals surface area contributed by atoms with Crippen molar-refractivity contribution in [3.8, 4) is 5.75 Å². The molecule has 0 bridgehead atoms. The number of amides is 1. The molecule has 27 heavy (non-hydrogen) atoms. The predicted octanol–water partition coefficient (Wildman–Crippen LogP) is 4.29. The standard InChI is InChI=1S/C19H18F3NO4/c1-2-11-26-14-9-7-13(8-10-14)18(25)27-12-17(24)23-16-6-4-3-5-15(16)19(20,21)22/h3-10H,2,11-12H2,1H3,(H,23,24). The molecule has 0 aliphatic rings. The number of halogens is 3. The molecule has 0 aromatic heterocycles. The average Bonchev–Trinajstić information content (AvgIpc) is 2.64. The van der Waals surface area contributed by atoms with Crippen LogP contribution in [0.3, 0.4) is 0 Å². The van der Waals surface area contributed by atoms with Crippen LogP contribution < -0.4 is 10.1 Å². The minimum atomic E-state index is -4.61. The SMILES string of the molecule is CCCOc1ccc(C(=O)OCC(=O)Nc2ccccc2C(F)(F)F)cc1. The van der Waals surface area contributed by atoms with Gasteiger partial charge in [0, 0.05) is 0 Å². The molecular weight excluding hydrogens is 363 g/mol. The second-order valence-corrected chi connectivity index (χ2v) is 5.54. The second kappa shape index (κ2) is 9.07. The molecule has 0 aliphatic heterocycles. The van der Waals surface area contributed by atoms with Crippen LogP contribution in [0.5, 0.6) is 5.75 Å². The first kappa shape index (κ1) is 20.3. The van der Waals surface area contributed by atoms with Gasteiger partial charge < -0.3 is 14.8 Å². The van der Waals surface area contributed by atoms with Crippen LogP contribution in [-0.2, 0) is 15.7 Å². The summed E-state index contributed by atoms with van der Waals surface area (Å²) in [6.07, 6.45) is -3.77. The molecule has 5 nitrogen and oxygen atoms in total. The van der Waals surface area contributed by atoms with Crippen molar-refractivity contribution in [1.29, 1.82) is 0 Å². The number of carbonyl (C=O) groups is 2. The molecule has 144 valence electrons. The van der Waals surface area contributed by atoms with Gasteiger partial charge >= 0.3 is 12.1 Å². The molecule has 2 aromatic carbocycles. The number of alkyl halides is 3. The third-order valence-corrected chi connectivity index (χ3v) is 3.40. The number of anilines is 1. The Labute approximate surface area is 154 Å². The lowest BCUT2D eigenvalue weighted by Crippen LogP contribution is -2.22. The summed E-state index contributed by atoms with van der Waals surface area (Å²) in [7, 11) is 0. The van der Waals surface area contributed by atoms with E-state index in [-0.39, 0.29) is 5.56 Å². The van der Waals surface area contributed by atoms with Gasteiger partial charge in [-0.15, -0.1) is 0 Å². The van der Waals surface area contributed by atoms with E-state index in [4.69, 9.17) is 9.47 Å². The van der Waals surface area contributed by atoms with Crippen molar-refractivity contribution in [1.82, 2.24) is 0 Å². The van der Waals surface area contributed by atoms with Crippen LogP contribution in [0.15, 0.2) is 48.5 Å². The summed E-state index contributed by atoms with van der Waals surface area (Å²) in [4.78, 5) is 23.8. The van der Waals surface area contributed by atoms with E-state index in [0.29, 0.717) is 12.4 Å². The Morgan fingerprint density at radius 3 is 2.33 bits per heavy atom. The van der Waals surface area contributed by atoms with E-state index in [1.807, 2.05) is 6.92 Å². The Bertz CT molecular complexity index is 788. The summed E-state index contributed by atoms with van der Waals surface area (Å²) in [5.74, 6) is -1.05. The number of esters is 1. The van der Waals surface area contributed by atoms with Crippen LogP contribution in [0, 0.1) is 0 Å². The van der Waals surface area contributed by atoms with E-state index in [0.717, 1.165) is 18.6 Å². The Morgan fingerprint density at radius 2 is 1.70 bits per heavy atom. The summed E-state index contributed by atoms with van der Waals surface area (Å²) >= 11 is 0. The summed E-state index contributed by atoms with van der Waals surface area (Å²) in [6, 6.07) is 10.7. The van der Waals surface area contributed by atoms with Crippen molar-refractivity contribution in [3.63, 3.8) is 0 Å². The largest absolute Gasteiger partial charge is 0.494 e. The molecule has 0 saturated carbocycles. The minimum absolute atomic E-state index is 0.197. The molecule has 1 N–H and O–H groups in total. The number of para-hydroxylation sites is 1. The lowest BCUT2D eigenvalue weighted by molar-refractivity contribution is -0.137. The molecule has 0 spiro atoms. The highest BCUT2D eigenvalue weighted by Crippen LogP contribution is 2.34. The van der Waals surface area contributed by atoms with Crippen molar-refractivity contribution in [3.05, 3.63) is 59.7 Å². The van der Waals surface area contributed by atoms with Crippen LogP contribution in [0.4, 0.5) is 18.9 Å². The van der Waals surface area contributed by atoms with Crippen molar-refractivity contribution >= 4 is 17.6 Å². The maximum Gasteiger partial charge on any atom is 0.418 e. The molecule has 0 atom stereocenters. The van der Waals surface area contributed by atoms with Crippen LogP contribution in [0.2, 0.25) is 0 Å². The van der Waals surface area contributed by atoms with E-state index < -0.39 is 35.9 Å². The molecular formula is C19H18F3NO4. The van der Waals surface area contributed by atoms with Gasteiger partial charge in [-0.2, -0.15) is 13.2 Å². The van der Waals surface area contributed by atoms with E-state index in [1.165, 1.54) is 24.3 Å². The van der Waals surface area contributed by atoms with Gasteiger partial charge in [0.15, 0.2) is 6.61 Å². The first-order valence-corrected chi connectivity index (χ1v) is 8.17. The van der Waals surface area contributed by atoms with Crippen molar-refractivity contribution in [2.75, 3.05) is 18.5 Å². The van der Waals surface area contributed by atoms with Gasteiger partial charge in [0.05, 0.1) is 23.4 Å². The van der Waals surface area contributed by atoms with Crippen LogP contribution in [0.25, 0.3) is 0 Å². The highest BCUT2D eigenvalue weighted by molar-refractivity contribution is 5.96. The van der Waals surface area contributed by atoms with E-state index in [9.17, 15) is 22.8 Å². The molecule has 1 amide bonds. The third-order valence-electron chi connectivity index (χ3n) is 3.40. The number of rotatable bonds is 7. The molecule has 0 fully saturated rings. The molecule has 2 rings (SSSR count). The average molecular weight is 381 g/mol. The summed E-state index contributed by atoms with van der Waals surface area (Å²) in [5, 5.41) is 2.10. The fraction of sp³-hybridized carbons (Fsp3) is 0.263. The third kappa shape index (κ3) is 6.02. The summed E-state index contributed by atoms with van der Waals surface area (Å²) < 4.78 is 48.9. The zero-order chi connectivity index (χ0) is 19.9. The summed E-state index contributed by atoms with van der Waals surface area (Å²) in [6.45, 7) is 1.80. The predicted molar refractivity (Wildman–Crippen MR) is 92.6 cm³/mol. The Balaban J connectivity index is 1.91. The van der Waals surface area contributed by atoms with Gasteiger partial charge in [-0.05, 0) is 42.8 Å². The van der Waals surface area contributed by atoms with Crippen LogP contribution in [0.1, 0.15) is 29.3 Å². The Kier molecular flexibility index (Phi) is 6.81. The lowest BCUT2D eigenvalue weighted by Gasteiger charge is -2.13.